The van der Waals surface area contributed by atoms with Crippen LogP contribution in [0.25, 0.3) is 0 Å². The third-order valence-electron chi connectivity index (χ3n) is 4.02. The number of methoxy groups -OCH3 is 1. The van der Waals surface area contributed by atoms with Crippen molar-refractivity contribution in [2.75, 3.05) is 13.7 Å². The highest BCUT2D eigenvalue weighted by atomic mass is 35.5. The standard InChI is InChI=1S/C16H22N2O6.ClH/c1-16(2,3)24-15(20)17-9-11-7-12(18(21)22)6-5-10(11)8-13(17)14(19)23-4;/h6-7,10,13H,5,8-9H2,1-4H3;1H. The van der Waals surface area contributed by atoms with Gasteiger partial charge in [0.05, 0.1) is 12.0 Å². The van der Waals surface area contributed by atoms with Crippen LogP contribution in [0, 0.1) is 16.0 Å². The fourth-order valence-electron chi connectivity index (χ4n) is 2.91. The van der Waals surface area contributed by atoms with Crippen LogP contribution in [0.2, 0.25) is 0 Å². The smallest absolute Gasteiger partial charge is 0.411 e. The van der Waals surface area contributed by atoms with E-state index in [1.54, 1.807) is 26.8 Å². The first kappa shape index (κ1) is 21.0. The second-order valence-corrected chi connectivity index (χ2v) is 6.92. The van der Waals surface area contributed by atoms with E-state index in [-0.39, 0.29) is 30.6 Å². The number of nitrogens with zero attached hydrogens (tertiary/aromatic N) is 2. The maximum atomic E-state index is 12.5. The first-order valence-corrected chi connectivity index (χ1v) is 7.75. The molecule has 1 aliphatic heterocycles. The van der Waals surface area contributed by atoms with Crippen LogP contribution in [-0.2, 0) is 14.3 Å². The van der Waals surface area contributed by atoms with Gasteiger partial charge in [-0.1, -0.05) is 0 Å². The fraction of sp³-hybridized carbons (Fsp3) is 0.625. The largest absolute Gasteiger partial charge is 0.467 e. The number of piperidine rings is 1. The van der Waals surface area contributed by atoms with Gasteiger partial charge in [0, 0.05) is 12.6 Å². The number of rotatable bonds is 2. The van der Waals surface area contributed by atoms with Gasteiger partial charge in [-0.05, 0) is 51.2 Å². The normalized spacial score (nSPS) is 22.6. The molecule has 0 bridgehead atoms. The quantitative estimate of drug-likeness (QED) is 0.418. The van der Waals surface area contributed by atoms with Crippen molar-refractivity contribution < 1.29 is 24.0 Å². The number of hydrogen-bond donors (Lipinski definition) is 0. The zero-order valence-corrected chi connectivity index (χ0v) is 15.5. The van der Waals surface area contributed by atoms with E-state index in [1.165, 1.54) is 18.1 Å². The highest BCUT2D eigenvalue weighted by Crippen LogP contribution is 2.35. The summed E-state index contributed by atoms with van der Waals surface area (Å²) >= 11 is 0. The number of esters is 1. The lowest BCUT2D eigenvalue weighted by molar-refractivity contribution is -0.419. The summed E-state index contributed by atoms with van der Waals surface area (Å²) in [6.45, 7) is 5.32. The molecule has 1 amide bonds. The Balaban J connectivity index is 0.00000312. The zero-order valence-electron chi connectivity index (χ0n) is 14.7. The van der Waals surface area contributed by atoms with Gasteiger partial charge in [0.15, 0.2) is 0 Å². The first-order chi connectivity index (χ1) is 11.1. The molecular weight excluding hydrogens is 352 g/mol. The Labute approximate surface area is 152 Å². The molecule has 1 fully saturated rings. The molecule has 0 spiro atoms. The van der Waals surface area contributed by atoms with Crippen LogP contribution in [0.3, 0.4) is 0 Å². The Morgan fingerprint density at radius 2 is 2.00 bits per heavy atom. The van der Waals surface area contributed by atoms with Crippen molar-refractivity contribution in [1.29, 1.82) is 0 Å². The molecule has 1 heterocycles. The maximum absolute atomic E-state index is 12.5. The van der Waals surface area contributed by atoms with Gasteiger partial charge >= 0.3 is 12.1 Å². The Hall–Kier alpha value is -2.09. The Morgan fingerprint density at radius 3 is 2.52 bits per heavy atom. The molecule has 2 aliphatic rings. The first-order valence-electron chi connectivity index (χ1n) is 7.75. The molecule has 8 nitrogen and oxygen atoms in total. The number of amides is 1. The summed E-state index contributed by atoms with van der Waals surface area (Å²) in [4.78, 5) is 36.3. The van der Waals surface area contributed by atoms with Crippen molar-refractivity contribution in [1.82, 2.24) is 4.90 Å². The molecule has 2 rings (SSSR count). The van der Waals surface area contributed by atoms with Crippen molar-refractivity contribution in [3.63, 3.8) is 0 Å². The fourth-order valence-corrected chi connectivity index (χ4v) is 2.91. The number of halogens is 1. The third-order valence-corrected chi connectivity index (χ3v) is 4.02. The van der Waals surface area contributed by atoms with E-state index in [0.29, 0.717) is 12.8 Å². The Kier molecular flexibility index (Phi) is 6.59. The monoisotopic (exact) mass is 374 g/mol. The lowest BCUT2D eigenvalue weighted by Gasteiger charge is -2.40. The van der Waals surface area contributed by atoms with Crippen LogP contribution < -0.4 is 0 Å². The summed E-state index contributed by atoms with van der Waals surface area (Å²) in [7, 11) is 1.27. The van der Waals surface area contributed by atoms with E-state index in [9.17, 15) is 19.7 Å². The molecule has 0 saturated carbocycles. The molecule has 1 aliphatic carbocycles. The van der Waals surface area contributed by atoms with Gasteiger partial charge in [-0.2, -0.15) is 0 Å². The van der Waals surface area contributed by atoms with Crippen LogP contribution in [-0.4, -0.2) is 47.2 Å². The summed E-state index contributed by atoms with van der Waals surface area (Å²) in [5.74, 6) is -0.527. The van der Waals surface area contributed by atoms with Gasteiger partial charge in [-0.25, -0.2) is 9.59 Å². The minimum Gasteiger partial charge on any atom is -0.467 e. The molecule has 0 aromatic heterocycles. The summed E-state index contributed by atoms with van der Waals surface area (Å²) in [6.07, 6.45) is 3.23. The zero-order chi connectivity index (χ0) is 18.1. The number of ether oxygens (including phenoxy) is 2. The second-order valence-electron chi connectivity index (χ2n) is 6.92. The summed E-state index contributed by atoms with van der Waals surface area (Å²) in [5, 5.41) is 11.0. The molecule has 1 saturated heterocycles. The van der Waals surface area contributed by atoms with Crippen molar-refractivity contribution in [3.05, 3.63) is 33.5 Å². The molecule has 0 aromatic rings. The lowest BCUT2D eigenvalue weighted by atomic mass is 9.81. The maximum Gasteiger partial charge on any atom is 0.411 e. The van der Waals surface area contributed by atoms with Crippen molar-refractivity contribution >= 4 is 24.5 Å². The highest BCUT2D eigenvalue weighted by Gasteiger charge is 2.42. The highest BCUT2D eigenvalue weighted by molar-refractivity contribution is 5.85. The van der Waals surface area contributed by atoms with E-state index in [0.717, 1.165) is 5.57 Å². The van der Waals surface area contributed by atoms with Gasteiger partial charge < -0.3 is 9.47 Å². The average Bonchev–Trinajstić information content (AvgIpc) is 2.50. The van der Waals surface area contributed by atoms with Gasteiger partial charge in [0.2, 0.25) is 0 Å². The molecule has 25 heavy (non-hydrogen) atoms. The lowest BCUT2D eigenvalue weighted by Crippen LogP contribution is -2.53. The number of fused-ring (bicyclic) bond motifs is 1. The van der Waals surface area contributed by atoms with E-state index < -0.39 is 28.6 Å². The third kappa shape index (κ3) is 4.94. The molecule has 0 radical (unpaired) electrons. The summed E-state index contributed by atoms with van der Waals surface area (Å²) < 4.78 is 10.2. The summed E-state index contributed by atoms with van der Waals surface area (Å²) in [6, 6.07) is -0.752. The van der Waals surface area contributed by atoms with Crippen molar-refractivity contribution in [2.24, 2.45) is 5.92 Å². The number of carbonyl (C=O) groups excluding carboxylic acids is 2. The molecule has 2 atom stereocenters. The van der Waals surface area contributed by atoms with Crippen LogP contribution >= 0.6 is 12.4 Å². The molecular formula is C16H23ClN2O6. The van der Waals surface area contributed by atoms with Crippen LogP contribution in [0.1, 0.15) is 33.6 Å². The van der Waals surface area contributed by atoms with Gasteiger partial charge in [-0.15, -0.1) is 12.4 Å². The van der Waals surface area contributed by atoms with Crippen LogP contribution in [0.15, 0.2) is 23.4 Å². The van der Waals surface area contributed by atoms with Gasteiger partial charge in [-0.3, -0.25) is 15.0 Å². The molecule has 0 N–H and O–H groups in total. The van der Waals surface area contributed by atoms with Crippen molar-refractivity contribution in [2.45, 2.75) is 45.3 Å². The average molecular weight is 375 g/mol. The minimum absolute atomic E-state index is 0. The molecule has 0 aromatic carbocycles. The number of hydrogen-bond acceptors (Lipinski definition) is 6. The number of likely N-dealkylation sites (tertiary alicyclic amines) is 1. The second kappa shape index (κ2) is 7.86. The predicted octanol–water partition coefficient (Wildman–Crippen LogP) is 2.70. The minimum atomic E-state index is -0.752. The topological polar surface area (TPSA) is 99.0 Å². The van der Waals surface area contributed by atoms with Crippen LogP contribution in [0.4, 0.5) is 4.79 Å². The molecule has 2 unspecified atom stereocenters. The predicted molar refractivity (Wildman–Crippen MR) is 91.9 cm³/mol. The van der Waals surface area contributed by atoms with E-state index >= 15 is 0 Å². The van der Waals surface area contributed by atoms with Gasteiger partial charge in [0.1, 0.15) is 11.6 Å². The van der Waals surface area contributed by atoms with E-state index in [1.807, 2.05) is 0 Å². The van der Waals surface area contributed by atoms with Gasteiger partial charge in [0.25, 0.3) is 5.70 Å². The molecule has 140 valence electrons. The number of nitro groups is 1. The van der Waals surface area contributed by atoms with E-state index in [2.05, 4.69) is 0 Å². The van der Waals surface area contributed by atoms with E-state index in [4.69, 9.17) is 9.47 Å². The Morgan fingerprint density at radius 1 is 1.36 bits per heavy atom. The number of carbonyl (C=O) groups is 2. The SMILES string of the molecule is COC(=O)C1CC2CC=C([N+](=O)[O-])C=C2CN1C(=O)OC(C)(C)C.Cl. The summed E-state index contributed by atoms with van der Waals surface area (Å²) in [5.41, 5.74) is 0.0682. The number of allylic oxidation sites excluding steroid dienone is 2. The van der Waals surface area contributed by atoms with Crippen molar-refractivity contribution in [3.8, 4) is 0 Å². The molecule has 9 heteroatoms. The van der Waals surface area contributed by atoms with Crippen LogP contribution in [0.5, 0.6) is 0 Å². The Bertz CT molecular complexity index is 623.